The van der Waals surface area contributed by atoms with Crippen LogP contribution < -0.4 is 10.6 Å². The van der Waals surface area contributed by atoms with E-state index in [0.29, 0.717) is 0 Å². The molecule has 0 saturated carbocycles. The van der Waals surface area contributed by atoms with Gasteiger partial charge in [0.25, 0.3) is 0 Å². The predicted molar refractivity (Wildman–Crippen MR) is 113 cm³/mol. The van der Waals surface area contributed by atoms with Crippen molar-refractivity contribution in [2.75, 3.05) is 23.7 Å². The zero-order chi connectivity index (χ0) is 17.0. The van der Waals surface area contributed by atoms with Crippen LogP contribution in [-0.2, 0) is 0 Å². The van der Waals surface area contributed by atoms with Gasteiger partial charge in [0.2, 0.25) is 0 Å². The van der Waals surface area contributed by atoms with Crippen LogP contribution in [0.1, 0.15) is 25.7 Å². The quantitative estimate of drug-likeness (QED) is 0.304. The molecule has 4 heteroatoms. The lowest BCUT2D eigenvalue weighted by molar-refractivity contribution is 0.861. The number of hydrogen-bond acceptors (Lipinski definition) is 2. The summed E-state index contributed by atoms with van der Waals surface area (Å²) in [4.78, 5) is 0. The van der Waals surface area contributed by atoms with E-state index in [1.807, 2.05) is 0 Å². The third-order valence-corrected chi connectivity index (χ3v) is 4.67. The number of anilines is 2. The van der Waals surface area contributed by atoms with Crippen LogP contribution in [0.25, 0.3) is 0 Å². The van der Waals surface area contributed by atoms with Crippen molar-refractivity contribution in [3.63, 3.8) is 0 Å². The summed E-state index contributed by atoms with van der Waals surface area (Å²) in [5.74, 6) is 0. The SMILES string of the molecule is Brc1ccc(NCCC/C=C\CCCNc2ccc(Br)cc2)cc1. The lowest BCUT2D eigenvalue weighted by Crippen LogP contribution is -2.00. The highest BCUT2D eigenvalue weighted by molar-refractivity contribution is 9.10. The van der Waals surface area contributed by atoms with Crippen LogP contribution in [0.2, 0.25) is 0 Å². The normalized spacial score (nSPS) is 10.9. The molecule has 0 saturated heterocycles. The van der Waals surface area contributed by atoms with Crippen molar-refractivity contribution in [3.05, 3.63) is 69.6 Å². The van der Waals surface area contributed by atoms with E-state index >= 15 is 0 Å². The summed E-state index contributed by atoms with van der Waals surface area (Å²) in [6, 6.07) is 16.6. The van der Waals surface area contributed by atoms with Gasteiger partial charge in [0.05, 0.1) is 0 Å². The fourth-order valence-corrected chi connectivity index (χ4v) is 2.81. The molecule has 0 aliphatic heterocycles. The van der Waals surface area contributed by atoms with Crippen molar-refractivity contribution in [1.29, 1.82) is 0 Å². The monoisotopic (exact) mass is 450 g/mol. The first kappa shape index (κ1) is 19.1. The third kappa shape index (κ3) is 8.02. The molecule has 0 fully saturated rings. The second kappa shape index (κ2) is 11.3. The molecule has 128 valence electrons. The highest BCUT2D eigenvalue weighted by Gasteiger charge is 1.92. The Hall–Kier alpha value is -1.26. The molecule has 0 aliphatic carbocycles. The van der Waals surface area contributed by atoms with Gasteiger partial charge in [0, 0.05) is 33.4 Å². The van der Waals surface area contributed by atoms with E-state index in [1.165, 1.54) is 11.4 Å². The Balaban J connectivity index is 1.46. The standard InChI is InChI=1S/C20H24Br2N2/c21-17-7-11-19(12-8-17)23-15-5-3-1-2-4-6-16-24-20-13-9-18(22)10-14-20/h1-2,7-14,23-24H,3-6,15-16H2/b2-1-. The Labute approximate surface area is 162 Å². The van der Waals surface area contributed by atoms with Gasteiger partial charge in [0.15, 0.2) is 0 Å². The van der Waals surface area contributed by atoms with Crippen molar-refractivity contribution in [1.82, 2.24) is 0 Å². The molecule has 0 atom stereocenters. The summed E-state index contributed by atoms with van der Waals surface area (Å²) in [7, 11) is 0. The molecule has 0 spiro atoms. The van der Waals surface area contributed by atoms with Crippen LogP contribution >= 0.6 is 31.9 Å². The van der Waals surface area contributed by atoms with Crippen LogP contribution in [0.4, 0.5) is 11.4 Å². The van der Waals surface area contributed by atoms with Gasteiger partial charge < -0.3 is 10.6 Å². The van der Waals surface area contributed by atoms with Gasteiger partial charge in [-0.25, -0.2) is 0 Å². The molecule has 2 rings (SSSR count). The molecule has 24 heavy (non-hydrogen) atoms. The summed E-state index contributed by atoms with van der Waals surface area (Å²) in [5, 5.41) is 6.87. The second-order valence-corrected chi connectivity index (χ2v) is 7.45. The van der Waals surface area contributed by atoms with Crippen molar-refractivity contribution < 1.29 is 0 Å². The minimum absolute atomic E-state index is 1.01. The minimum atomic E-state index is 1.01. The fraction of sp³-hybridized carbons (Fsp3) is 0.300. The zero-order valence-corrected chi connectivity index (χ0v) is 16.9. The van der Waals surface area contributed by atoms with E-state index in [2.05, 4.69) is 103 Å². The first-order chi connectivity index (χ1) is 11.7. The van der Waals surface area contributed by atoms with Crippen molar-refractivity contribution >= 4 is 43.2 Å². The molecule has 2 aromatic rings. The van der Waals surface area contributed by atoms with Crippen molar-refractivity contribution in [3.8, 4) is 0 Å². The Morgan fingerprint density at radius 2 is 1.00 bits per heavy atom. The molecule has 0 amide bonds. The maximum absolute atomic E-state index is 3.45. The average molecular weight is 452 g/mol. The van der Waals surface area contributed by atoms with E-state index in [4.69, 9.17) is 0 Å². The van der Waals surface area contributed by atoms with E-state index in [-0.39, 0.29) is 0 Å². The van der Waals surface area contributed by atoms with E-state index < -0.39 is 0 Å². The van der Waals surface area contributed by atoms with Gasteiger partial charge in [-0.05, 0) is 74.2 Å². The van der Waals surface area contributed by atoms with Crippen molar-refractivity contribution in [2.24, 2.45) is 0 Å². The Morgan fingerprint density at radius 1 is 0.625 bits per heavy atom. The number of rotatable bonds is 10. The number of nitrogens with one attached hydrogen (secondary N) is 2. The lowest BCUT2D eigenvalue weighted by atomic mass is 10.2. The van der Waals surface area contributed by atoms with Crippen LogP contribution in [0.3, 0.4) is 0 Å². The Bertz CT molecular complexity index is 551. The average Bonchev–Trinajstić information content (AvgIpc) is 2.60. The van der Waals surface area contributed by atoms with E-state index in [1.54, 1.807) is 0 Å². The summed E-state index contributed by atoms with van der Waals surface area (Å²) in [6.45, 7) is 2.02. The second-order valence-electron chi connectivity index (χ2n) is 5.62. The maximum atomic E-state index is 3.45. The molecule has 2 nitrogen and oxygen atoms in total. The van der Waals surface area contributed by atoms with E-state index in [9.17, 15) is 0 Å². The third-order valence-electron chi connectivity index (χ3n) is 3.61. The van der Waals surface area contributed by atoms with Gasteiger partial charge in [-0.15, -0.1) is 0 Å². The number of unbranched alkanes of at least 4 members (excludes halogenated alkanes) is 2. The maximum Gasteiger partial charge on any atom is 0.0340 e. The van der Waals surface area contributed by atoms with Crippen LogP contribution in [-0.4, -0.2) is 13.1 Å². The minimum Gasteiger partial charge on any atom is -0.385 e. The number of hydrogen-bond donors (Lipinski definition) is 2. The van der Waals surface area contributed by atoms with Gasteiger partial charge >= 0.3 is 0 Å². The van der Waals surface area contributed by atoms with Gasteiger partial charge in [-0.2, -0.15) is 0 Å². The molecule has 0 radical (unpaired) electrons. The fourth-order valence-electron chi connectivity index (χ4n) is 2.28. The Kier molecular flexibility index (Phi) is 9.00. The predicted octanol–water partition coefficient (Wildman–Crippen LogP) is 6.85. The largest absolute Gasteiger partial charge is 0.385 e. The molecule has 0 aromatic heterocycles. The van der Waals surface area contributed by atoms with Gasteiger partial charge in [-0.1, -0.05) is 44.0 Å². The number of allylic oxidation sites excluding steroid dienone is 2. The first-order valence-electron chi connectivity index (χ1n) is 8.38. The summed E-state index contributed by atoms with van der Waals surface area (Å²) < 4.78 is 2.23. The number of halogens is 2. The molecule has 0 bridgehead atoms. The summed E-state index contributed by atoms with van der Waals surface area (Å²) in [6.07, 6.45) is 9.16. The van der Waals surface area contributed by atoms with Crippen LogP contribution in [0.5, 0.6) is 0 Å². The summed E-state index contributed by atoms with van der Waals surface area (Å²) >= 11 is 6.89. The highest BCUT2D eigenvalue weighted by atomic mass is 79.9. The molecule has 0 heterocycles. The molecular weight excluding hydrogens is 428 g/mol. The van der Waals surface area contributed by atoms with Crippen LogP contribution in [0.15, 0.2) is 69.6 Å². The topological polar surface area (TPSA) is 24.1 Å². The van der Waals surface area contributed by atoms with Crippen LogP contribution in [0, 0.1) is 0 Å². The Morgan fingerprint density at radius 3 is 1.38 bits per heavy atom. The number of benzene rings is 2. The zero-order valence-electron chi connectivity index (χ0n) is 13.8. The molecular formula is C20H24Br2N2. The van der Waals surface area contributed by atoms with Gasteiger partial charge in [-0.3, -0.25) is 0 Å². The molecule has 0 unspecified atom stereocenters. The highest BCUT2D eigenvalue weighted by Crippen LogP contribution is 2.15. The molecule has 2 N–H and O–H groups in total. The molecule has 0 aliphatic rings. The van der Waals surface area contributed by atoms with Crippen molar-refractivity contribution in [2.45, 2.75) is 25.7 Å². The summed E-state index contributed by atoms with van der Waals surface area (Å²) in [5.41, 5.74) is 2.36. The smallest absolute Gasteiger partial charge is 0.0340 e. The molecule has 2 aromatic carbocycles. The van der Waals surface area contributed by atoms with E-state index in [0.717, 1.165) is 47.7 Å². The first-order valence-corrected chi connectivity index (χ1v) is 9.96. The lowest BCUT2D eigenvalue weighted by Gasteiger charge is -2.05. The van der Waals surface area contributed by atoms with Gasteiger partial charge in [0.1, 0.15) is 0 Å².